The summed E-state index contributed by atoms with van der Waals surface area (Å²) in [6.07, 6.45) is 2.43. The third-order valence-electron chi connectivity index (χ3n) is 2.71. The maximum atomic E-state index is 10.9. The molecule has 16 heavy (non-hydrogen) atoms. The van der Waals surface area contributed by atoms with Crippen molar-refractivity contribution < 1.29 is 19.2 Å². The summed E-state index contributed by atoms with van der Waals surface area (Å²) in [5, 5.41) is 10.9. The van der Waals surface area contributed by atoms with E-state index in [0.717, 1.165) is 12.8 Å². The summed E-state index contributed by atoms with van der Waals surface area (Å²) >= 11 is 0. The van der Waals surface area contributed by atoms with E-state index in [2.05, 4.69) is 0 Å². The van der Waals surface area contributed by atoms with Crippen LogP contribution in [0.1, 0.15) is 32.6 Å². The predicted molar refractivity (Wildman–Crippen MR) is 55.6 cm³/mol. The van der Waals surface area contributed by atoms with E-state index >= 15 is 0 Å². The lowest BCUT2D eigenvalue weighted by molar-refractivity contribution is -0.572. The summed E-state index contributed by atoms with van der Waals surface area (Å²) in [6.45, 7) is 2.12. The van der Waals surface area contributed by atoms with Crippen LogP contribution >= 0.6 is 0 Å². The molecule has 1 heterocycles. The molecule has 0 aromatic heterocycles. The molecule has 1 aliphatic heterocycles. The van der Waals surface area contributed by atoms with E-state index in [9.17, 15) is 14.9 Å². The van der Waals surface area contributed by atoms with Gasteiger partial charge in [-0.25, -0.2) is 0 Å². The van der Waals surface area contributed by atoms with Crippen LogP contribution in [0.15, 0.2) is 0 Å². The van der Waals surface area contributed by atoms with Gasteiger partial charge in [-0.2, -0.15) is 0 Å². The number of rotatable bonds is 7. The molecule has 0 saturated carbocycles. The second-order valence-electron chi connectivity index (χ2n) is 4.21. The van der Waals surface area contributed by atoms with Crippen molar-refractivity contribution >= 4 is 6.29 Å². The number of aldehydes is 1. The Morgan fingerprint density at radius 2 is 2.44 bits per heavy atom. The Kier molecular flexibility index (Phi) is 4.82. The smallest absolute Gasteiger partial charge is 0.242 e. The molecule has 1 rings (SSSR count). The lowest BCUT2D eigenvalue weighted by Crippen LogP contribution is -2.41. The van der Waals surface area contributed by atoms with Crippen molar-refractivity contribution in [2.24, 2.45) is 0 Å². The van der Waals surface area contributed by atoms with Crippen LogP contribution in [-0.4, -0.2) is 36.3 Å². The van der Waals surface area contributed by atoms with Gasteiger partial charge in [-0.1, -0.05) is 0 Å². The zero-order chi connectivity index (χ0) is 12.0. The van der Waals surface area contributed by atoms with Gasteiger partial charge in [0, 0.05) is 37.7 Å². The highest BCUT2D eigenvalue weighted by Crippen LogP contribution is 2.20. The largest absolute Gasteiger partial charge is 0.353 e. The molecule has 1 saturated heterocycles. The summed E-state index contributed by atoms with van der Waals surface area (Å²) in [5.74, 6) is 0. The van der Waals surface area contributed by atoms with Crippen molar-refractivity contribution in [3.8, 4) is 0 Å². The number of hydrogen-bond donors (Lipinski definition) is 0. The quantitative estimate of drug-likeness (QED) is 0.373. The first-order valence-corrected chi connectivity index (χ1v) is 5.40. The fraction of sp³-hybridized carbons (Fsp3) is 0.900. The van der Waals surface area contributed by atoms with Gasteiger partial charge in [0.2, 0.25) is 5.54 Å². The standard InChI is InChI=1S/C10H17NO5/c1-10(11(13)14,5-3-6-12)8-16-9-4-2-7-15-9/h6,9H,2-5,7-8H2,1H3. The van der Waals surface area contributed by atoms with Crippen LogP contribution in [0.5, 0.6) is 0 Å². The van der Waals surface area contributed by atoms with Crippen molar-refractivity contribution in [3.63, 3.8) is 0 Å². The zero-order valence-electron chi connectivity index (χ0n) is 9.39. The molecule has 6 heteroatoms. The Hall–Kier alpha value is -1.01. The second kappa shape index (κ2) is 5.91. The van der Waals surface area contributed by atoms with Crippen LogP contribution in [0, 0.1) is 10.1 Å². The Morgan fingerprint density at radius 3 is 2.94 bits per heavy atom. The molecule has 0 radical (unpaired) electrons. The lowest BCUT2D eigenvalue weighted by atomic mass is 9.98. The molecule has 0 N–H and O–H groups in total. The van der Waals surface area contributed by atoms with Gasteiger partial charge in [0.05, 0.1) is 0 Å². The van der Waals surface area contributed by atoms with Crippen molar-refractivity contribution in [3.05, 3.63) is 10.1 Å². The van der Waals surface area contributed by atoms with Gasteiger partial charge in [-0.05, 0) is 6.42 Å². The SMILES string of the molecule is CC(CCC=O)(COC1CCCO1)[N+](=O)[O-]. The van der Waals surface area contributed by atoms with Crippen LogP contribution in [-0.2, 0) is 14.3 Å². The number of carbonyl (C=O) groups excluding carboxylic acids is 1. The van der Waals surface area contributed by atoms with E-state index in [-0.39, 0.29) is 30.7 Å². The molecule has 1 fully saturated rings. The molecule has 2 atom stereocenters. The molecule has 0 aromatic carbocycles. The molecule has 0 spiro atoms. The van der Waals surface area contributed by atoms with Crippen LogP contribution in [0.4, 0.5) is 0 Å². The zero-order valence-corrected chi connectivity index (χ0v) is 9.39. The molecule has 1 aliphatic rings. The van der Waals surface area contributed by atoms with Gasteiger partial charge >= 0.3 is 0 Å². The molecule has 2 unspecified atom stereocenters. The Bertz CT molecular complexity index is 252. The fourth-order valence-corrected chi connectivity index (χ4v) is 1.54. The van der Waals surface area contributed by atoms with E-state index in [1.54, 1.807) is 0 Å². The van der Waals surface area contributed by atoms with Gasteiger partial charge in [0.15, 0.2) is 6.29 Å². The highest BCUT2D eigenvalue weighted by Gasteiger charge is 2.38. The summed E-state index contributed by atoms with van der Waals surface area (Å²) in [7, 11) is 0. The molecule has 0 aromatic rings. The Balaban J connectivity index is 2.42. The third kappa shape index (κ3) is 3.53. The van der Waals surface area contributed by atoms with E-state index in [0.29, 0.717) is 12.9 Å². The minimum atomic E-state index is -1.20. The first-order chi connectivity index (χ1) is 7.58. The average Bonchev–Trinajstić information content (AvgIpc) is 2.76. The highest BCUT2D eigenvalue weighted by molar-refractivity contribution is 5.49. The topological polar surface area (TPSA) is 78.7 Å². The minimum Gasteiger partial charge on any atom is -0.353 e. The third-order valence-corrected chi connectivity index (χ3v) is 2.71. The molecular weight excluding hydrogens is 214 g/mol. The van der Waals surface area contributed by atoms with E-state index < -0.39 is 5.54 Å². The maximum Gasteiger partial charge on any atom is 0.242 e. The lowest BCUT2D eigenvalue weighted by Gasteiger charge is -2.21. The Labute approximate surface area is 94.1 Å². The van der Waals surface area contributed by atoms with E-state index in [4.69, 9.17) is 9.47 Å². The van der Waals surface area contributed by atoms with Crippen molar-refractivity contribution in [2.45, 2.75) is 44.4 Å². The van der Waals surface area contributed by atoms with Crippen molar-refractivity contribution in [2.75, 3.05) is 13.2 Å². The van der Waals surface area contributed by atoms with Crippen molar-refractivity contribution in [1.29, 1.82) is 0 Å². The maximum absolute atomic E-state index is 10.9. The summed E-state index contributed by atoms with van der Waals surface area (Å²) in [5.41, 5.74) is -1.20. The van der Waals surface area contributed by atoms with E-state index in [1.165, 1.54) is 6.92 Å². The first kappa shape index (κ1) is 13.1. The number of carbonyl (C=O) groups is 1. The molecule has 92 valence electrons. The predicted octanol–water partition coefficient (Wildman–Crippen LogP) is 1.15. The van der Waals surface area contributed by atoms with Crippen LogP contribution in [0.2, 0.25) is 0 Å². The van der Waals surface area contributed by atoms with Gasteiger partial charge in [0.1, 0.15) is 12.9 Å². The highest BCUT2D eigenvalue weighted by atomic mass is 16.7. The number of hydrogen-bond acceptors (Lipinski definition) is 5. The molecular formula is C10H17NO5. The minimum absolute atomic E-state index is 0.0154. The van der Waals surface area contributed by atoms with Gasteiger partial charge in [-0.15, -0.1) is 0 Å². The summed E-state index contributed by atoms with van der Waals surface area (Å²) in [4.78, 5) is 20.8. The molecule has 0 aliphatic carbocycles. The monoisotopic (exact) mass is 231 g/mol. The van der Waals surface area contributed by atoms with Gasteiger partial charge in [-0.3, -0.25) is 10.1 Å². The molecule has 6 nitrogen and oxygen atoms in total. The van der Waals surface area contributed by atoms with Crippen LogP contribution in [0.25, 0.3) is 0 Å². The molecule has 0 amide bonds. The van der Waals surface area contributed by atoms with Crippen LogP contribution in [0.3, 0.4) is 0 Å². The second-order valence-corrected chi connectivity index (χ2v) is 4.21. The number of ether oxygens (including phenoxy) is 2. The Morgan fingerprint density at radius 1 is 1.69 bits per heavy atom. The normalized spacial score (nSPS) is 23.9. The van der Waals surface area contributed by atoms with E-state index in [1.807, 2.05) is 0 Å². The summed E-state index contributed by atoms with van der Waals surface area (Å²) in [6, 6.07) is 0. The van der Waals surface area contributed by atoms with Gasteiger partial charge in [0.25, 0.3) is 0 Å². The molecule has 0 bridgehead atoms. The van der Waals surface area contributed by atoms with Crippen molar-refractivity contribution in [1.82, 2.24) is 0 Å². The van der Waals surface area contributed by atoms with Gasteiger partial charge < -0.3 is 14.3 Å². The fourth-order valence-electron chi connectivity index (χ4n) is 1.54. The summed E-state index contributed by atoms with van der Waals surface area (Å²) < 4.78 is 10.6. The van der Waals surface area contributed by atoms with Crippen LogP contribution < -0.4 is 0 Å². The average molecular weight is 231 g/mol. The number of nitrogens with zero attached hydrogens (tertiary/aromatic N) is 1. The number of nitro groups is 1. The first-order valence-electron chi connectivity index (χ1n) is 5.40.